The number of amides is 1. The standard InChI is InChI=1S/C17H22F4N2O3/c1-16(2,3)26-15(24)23-7-6-14(12(18)9-23)25-13-5-4-10(22)8-11(13)17(19,20)21/h4-5,8,12,14H,6-7,9,22H2,1-3H3/t12-,14-/m1/s1. The molecule has 1 aromatic carbocycles. The topological polar surface area (TPSA) is 64.8 Å². The molecule has 1 fully saturated rings. The van der Waals surface area contributed by atoms with E-state index < -0.39 is 41.5 Å². The highest BCUT2D eigenvalue weighted by Crippen LogP contribution is 2.38. The third kappa shape index (κ3) is 5.15. The van der Waals surface area contributed by atoms with Gasteiger partial charge >= 0.3 is 12.3 Å². The molecule has 9 heteroatoms. The Morgan fingerprint density at radius 2 is 1.92 bits per heavy atom. The van der Waals surface area contributed by atoms with Crippen LogP contribution in [0.2, 0.25) is 0 Å². The summed E-state index contributed by atoms with van der Waals surface area (Å²) >= 11 is 0. The van der Waals surface area contributed by atoms with Crippen molar-refractivity contribution in [3.05, 3.63) is 23.8 Å². The van der Waals surface area contributed by atoms with Gasteiger partial charge in [0.1, 0.15) is 17.5 Å². The van der Waals surface area contributed by atoms with Crippen LogP contribution in [-0.4, -0.2) is 42.0 Å². The highest BCUT2D eigenvalue weighted by atomic mass is 19.4. The van der Waals surface area contributed by atoms with Crippen molar-refractivity contribution >= 4 is 11.8 Å². The largest absolute Gasteiger partial charge is 0.487 e. The van der Waals surface area contributed by atoms with Crippen molar-refractivity contribution in [3.63, 3.8) is 0 Å². The summed E-state index contributed by atoms with van der Waals surface area (Å²) < 4.78 is 64.2. The monoisotopic (exact) mass is 378 g/mol. The molecule has 0 radical (unpaired) electrons. The van der Waals surface area contributed by atoms with Gasteiger partial charge in [0.2, 0.25) is 0 Å². The molecule has 146 valence electrons. The minimum atomic E-state index is -4.67. The third-order valence-corrected chi connectivity index (χ3v) is 3.72. The van der Waals surface area contributed by atoms with Crippen molar-refractivity contribution in [3.8, 4) is 5.75 Å². The molecule has 2 atom stereocenters. The van der Waals surface area contributed by atoms with Gasteiger partial charge in [-0.15, -0.1) is 0 Å². The average Bonchev–Trinajstić information content (AvgIpc) is 2.48. The van der Waals surface area contributed by atoms with E-state index in [1.807, 2.05) is 0 Å². The summed E-state index contributed by atoms with van der Waals surface area (Å²) in [6, 6.07) is 3.08. The average molecular weight is 378 g/mol. The predicted octanol–water partition coefficient (Wildman–Crippen LogP) is 4.01. The number of rotatable bonds is 2. The molecule has 0 unspecified atom stereocenters. The van der Waals surface area contributed by atoms with E-state index in [1.165, 1.54) is 11.0 Å². The molecule has 1 saturated heterocycles. The molecular formula is C17H22F4N2O3. The van der Waals surface area contributed by atoms with Gasteiger partial charge in [-0.05, 0) is 39.0 Å². The van der Waals surface area contributed by atoms with Gasteiger partial charge in [0.25, 0.3) is 0 Å². The number of alkyl halides is 4. The van der Waals surface area contributed by atoms with E-state index in [1.54, 1.807) is 20.8 Å². The Kier molecular flexibility index (Phi) is 5.58. The van der Waals surface area contributed by atoms with Gasteiger partial charge in [-0.2, -0.15) is 13.2 Å². The van der Waals surface area contributed by atoms with Crippen LogP contribution in [0.5, 0.6) is 5.75 Å². The number of benzene rings is 1. The molecule has 1 aromatic rings. The first kappa shape index (κ1) is 20.1. The molecule has 1 heterocycles. The van der Waals surface area contributed by atoms with E-state index in [-0.39, 0.29) is 25.2 Å². The molecule has 0 saturated carbocycles. The Hall–Kier alpha value is -2.19. The van der Waals surface area contributed by atoms with Crippen LogP contribution in [-0.2, 0) is 10.9 Å². The van der Waals surface area contributed by atoms with E-state index >= 15 is 0 Å². The Morgan fingerprint density at radius 3 is 2.46 bits per heavy atom. The van der Waals surface area contributed by atoms with Gasteiger partial charge < -0.3 is 20.1 Å². The molecule has 1 amide bonds. The van der Waals surface area contributed by atoms with Crippen molar-refractivity contribution in [2.24, 2.45) is 0 Å². The highest BCUT2D eigenvalue weighted by molar-refractivity contribution is 5.68. The summed E-state index contributed by atoms with van der Waals surface area (Å²) in [5, 5.41) is 0. The summed E-state index contributed by atoms with van der Waals surface area (Å²) in [4.78, 5) is 13.2. The van der Waals surface area contributed by atoms with Crippen LogP contribution in [0.15, 0.2) is 18.2 Å². The van der Waals surface area contributed by atoms with Crippen molar-refractivity contribution in [2.75, 3.05) is 18.8 Å². The Labute approximate surface area is 149 Å². The molecule has 2 N–H and O–H groups in total. The second kappa shape index (κ2) is 7.20. The molecule has 26 heavy (non-hydrogen) atoms. The van der Waals surface area contributed by atoms with Crippen molar-refractivity contribution in [2.45, 2.75) is 51.2 Å². The molecule has 0 spiro atoms. The van der Waals surface area contributed by atoms with Crippen molar-refractivity contribution in [1.29, 1.82) is 0 Å². The van der Waals surface area contributed by atoms with E-state index in [0.29, 0.717) is 0 Å². The van der Waals surface area contributed by atoms with Crippen LogP contribution in [0.25, 0.3) is 0 Å². The number of carbonyl (C=O) groups excluding carboxylic acids is 1. The number of hydrogen-bond donors (Lipinski definition) is 1. The first-order valence-corrected chi connectivity index (χ1v) is 8.12. The molecular weight excluding hydrogens is 356 g/mol. The van der Waals surface area contributed by atoms with E-state index in [0.717, 1.165) is 12.1 Å². The fourth-order valence-electron chi connectivity index (χ4n) is 2.54. The van der Waals surface area contributed by atoms with Crippen LogP contribution in [0.4, 0.5) is 28.0 Å². The molecule has 0 aromatic heterocycles. The zero-order valence-electron chi connectivity index (χ0n) is 14.8. The maximum Gasteiger partial charge on any atom is 0.420 e. The first-order chi connectivity index (χ1) is 11.9. The molecule has 2 rings (SSSR count). The Balaban J connectivity index is 2.07. The van der Waals surface area contributed by atoms with Gasteiger partial charge in [-0.1, -0.05) is 0 Å². The Bertz CT molecular complexity index is 658. The maximum absolute atomic E-state index is 14.4. The van der Waals surface area contributed by atoms with E-state index in [2.05, 4.69) is 0 Å². The minimum Gasteiger partial charge on any atom is -0.487 e. The van der Waals surface area contributed by atoms with Crippen LogP contribution in [0.3, 0.4) is 0 Å². The maximum atomic E-state index is 14.4. The fraction of sp³-hybridized carbons (Fsp3) is 0.588. The Morgan fingerprint density at radius 1 is 1.27 bits per heavy atom. The first-order valence-electron chi connectivity index (χ1n) is 8.12. The molecule has 0 aliphatic carbocycles. The van der Waals surface area contributed by atoms with Gasteiger partial charge in [0.15, 0.2) is 6.17 Å². The number of likely N-dealkylation sites (tertiary alicyclic amines) is 1. The smallest absolute Gasteiger partial charge is 0.420 e. The molecule has 0 bridgehead atoms. The second-order valence-electron chi connectivity index (χ2n) is 7.14. The summed E-state index contributed by atoms with van der Waals surface area (Å²) in [6.07, 6.45) is -8.04. The number of anilines is 1. The van der Waals surface area contributed by atoms with E-state index in [4.69, 9.17) is 15.2 Å². The second-order valence-corrected chi connectivity index (χ2v) is 7.14. The fourth-order valence-corrected chi connectivity index (χ4v) is 2.54. The number of ether oxygens (including phenoxy) is 2. The lowest BCUT2D eigenvalue weighted by molar-refractivity contribution is -0.139. The van der Waals surface area contributed by atoms with Crippen LogP contribution in [0.1, 0.15) is 32.8 Å². The number of piperidine rings is 1. The lowest BCUT2D eigenvalue weighted by atomic mass is 10.1. The van der Waals surface area contributed by atoms with Gasteiger partial charge in [0, 0.05) is 18.7 Å². The van der Waals surface area contributed by atoms with E-state index in [9.17, 15) is 22.4 Å². The third-order valence-electron chi connectivity index (χ3n) is 3.72. The zero-order chi connectivity index (χ0) is 19.7. The lowest BCUT2D eigenvalue weighted by Crippen LogP contribution is -2.50. The quantitative estimate of drug-likeness (QED) is 0.624. The lowest BCUT2D eigenvalue weighted by Gasteiger charge is -2.35. The summed E-state index contributed by atoms with van der Waals surface area (Å²) in [6.45, 7) is 4.88. The zero-order valence-corrected chi connectivity index (χ0v) is 14.8. The molecule has 1 aliphatic rings. The van der Waals surface area contributed by atoms with Crippen LogP contribution in [0, 0.1) is 0 Å². The van der Waals surface area contributed by atoms with Gasteiger partial charge in [-0.25, -0.2) is 9.18 Å². The number of carbonyl (C=O) groups is 1. The molecule has 1 aliphatic heterocycles. The van der Waals surface area contributed by atoms with Crippen LogP contribution >= 0.6 is 0 Å². The van der Waals surface area contributed by atoms with Gasteiger partial charge in [-0.3, -0.25) is 0 Å². The summed E-state index contributed by atoms with van der Waals surface area (Å²) in [7, 11) is 0. The number of nitrogen functional groups attached to an aromatic ring is 1. The van der Waals surface area contributed by atoms with Gasteiger partial charge in [0.05, 0.1) is 12.1 Å². The molecule has 5 nitrogen and oxygen atoms in total. The SMILES string of the molecule is CC(C)(C)OC(=O)N1CC[C@@H](Oc2ccc(N)cc2C(F)(F)F)[C@H](F)C1. The summed E-state index contributed by atoms with van der Waals surface area (Å²) in [5.74, 6) is -0.481. The number of halogens is 4. The number of nitrogens with zero attached hydrogens (tertiary/aromatic N) is 1. The summed E-state index contributed by atoms with van der Waals surface area (Å²) in [5.41, 5.74) is 3.55. The number of hydrogen-bond acceptors (Lipinski definition) is 4. The minimum absolute atomic E-state index is 0.0437. The normalized spacial score (nSPS) is 21.4. The van der Waals surface area contributed by atoms with Crippen molar-refractivity contribution in [1.82, 2.24) is 4.90 Å². The van der Waals surface area contributed by atoms with Crippen molar-refractivity contribution < 1.29 is 31.8 Å². The highest BCUT2D eigenvalue weighted by Gasteiger charge is 2.38. The number of nitrogens with two attached hydrogens (primary N) is 1. The van der Waals surface area contributed by atoms with Crippen LogP contribution < -0.4 is 10.5 Å². The predicted molar refractivity (Wildman–Crippen MR) is 87.6 cm³/mol.